The molecule has 4 rings (SSSR count). The van der Waals surface area contributed by atoms with Gasteiger partial charge in [0.25, 0.3) is 5.91 Å². The highest BCUT2D eigenvalue weighted by Gasteiger charge is 2.32. The summed E-state index contributed by atoms with van der Waals surface area (Å²) in [4.78, 5) is 22.8. The normalized spacial score (nSPS) is 14.4. The number of nitrogens with one attached hydrogen (secondary N) is 1. The lowest BCUT2D eigenvalue weighted by Gasteiger charge is -2.20. The second-order valence-corrected chi connectivity index (χ2v) is 8.47. The number of carboxylic acid groups (broad SMARTS) is 1. The predicted molar refractivity (Wildman–Crippen MR) is 120 cm³/mol. The molecule has 1 aliphatic rings. The van der Waals surface area contributed by atoms with E-state index in [2.05, 4.69) is 10.4 Å². The van der Waals surface area contributed by atoms with Gasteiger partial charge in [-0.2, -0.15) is 18.3 Å². The lowest BCUT2D eigenvalue weighted by molar-refractivity contribution is -0.138. The van der Waals surface area contributed by atoms with Crippen molar-refractivity contribution in [3.8, 4) is 11.4 Å². The zero-order valence-corrected chi connectivity index (χ0v) is 18.7. The van der Waals surface area contributed by atoms with Crippen molar-refractivity contribution in [2.24, 2.45) is 5.92 Å². The first kappa shape index (κ1) is 24.3. The lowest BCUT2D eigenvalue weighted by atomic mass is 10.0. The molecule has 35 heavy (non-hydrogen) atoms. The molecular formula is C25H24F3N3O4. The van der Waals surface area contributed by atoms with Crippen LogP contribution in [-0.4, -0.2) is 33.3 Å². The van der Waals surface area contributed by atoms with Gasteiger partial charge in [-0.3, -0.25) is 9.59 Å². The van der Waals surface area contributed by atoms with Gasteiger partial charge in [-0.05, 0) is 54.3 Å². The van der Waals surface area contributed by atoms with Crippen LogP contribution >= 0.6 is 0 Å². The van der Waals surface area contributed by atoms with Crippen LogP contribution in [0, 0.1) is 5.92 Å². The maximum atomic E-state index is 12.8. The number of ether oxygens (including phenoxy) is 1. The highest BCUT2D eigenvalue weighted by Crippen LogP contribution is 2.39. The average Bonchev–Trinajstić information content (AvgIpc) is 3.49. The summed E-state index contributed by atoms with van der Waals surface area (Å²) in [5, 5.41) is 15.0. The number of carbonyl (C=O) groups excluding carboxylic acids is 1. The average molecular weight is 487 g/mol. The fourth-order valence-corrected chi connectivity index (χ4v) is 3.59. The zero-order valence-electron chi connectivity index (χ0n) is 18.7. The van der Waals surface area contributed by atoms with Gasteiger partial charge in [-0.25, -0.2) is 4.68 Å². The first-order chi connectivity index (χ1) is 16.7. The van der Waals surface area contributed by atoms with Crippen molar-refractivity contribution in [2.45, 2.75) is 38.0 Å². The van der Waals surface area contributed by atoms with Gasteiger partial charge in [0, 0.05) is 18.3 Å². The first-order valence-corrected chi connectivity index (χ1v) is 11.2. The number of hydrogen-bond donors (Lipinski definition) is 2. The lowest BCUT2D eigenvalue weighted by Crippen LogP contribution is -2.26. The summed E-state index contributed by atoms with van der Waals surface area (Å²) in [6, 6.07) is 13.6. The van der Waals surface area contributed by atoms with Gasteiger partial charge in [-0.15, -0.1) is 0 Å². The van der Waals surface area contributed by atoms with E-state index in [-0.39, 0.29) is 25.0 Å². The summed E-state index contributed by atoms with van der Waals surface area (Å²) >= 11 is 0. The Morgan fingerprint density at radius 3 is 2.37 bits per heavy atom. The molecule has 0 spiro atoms. The largest absolute Gasteiger partial charge is 0.486 e. The van der Waals surface area contributed by atoms with E-state index < -0.39 is 17.7 Å². The molecule has 1 aliphatic carbocycles. The minimum Gasteiger partial charge on any atom is -0.486 e. The molecule has 1 fully saturated rings. The summed E-state index contributed by atoms with van der Waals surface area (Å²) < 4.78 is 45.9. The van der Waals surface area contributed by atoms with Crippen LogP contribution in [0.1, 0.15) is 53.3 Å². The van der Waals surface area contributed by atoms with Gasteiger partial charge < -0.3 is 15.2 Å². The molecule has 0 saturated heterocycles. The molecule has 3 aromatic rings. The summed E-state index contributed by atoms with van der Waals surface area (Å²) in [5.41, 5.74) is 0.974. The van der Waals surface area contributed by atoms with E-state index in [1.54, 1.807) is 36.4 Å². The van der Waals surface area contributed by atoms with Crippen molar-refractivity contribution >= 4 is 11.9 Å². The van der Waals surface area contributed by atoms with Gasteiger partial charge in [0.15, 0.2) is 0 Å². The van der Waals surface area contributed by atoms with Gasteiger partial charge in [0.2, 0.25) is 0 Å². The molecule has 1 amide bonds. The minimum atomic E-state index is -4.45. The van der Waals surface area contributed by atoms with Gasteiger partial charge >= 0.3 is 12.1 Å². The maximum absolute atomic E-state index is 12.8. The van der Waals surface area contributed by atoms with E-state index in [1.165, 1.54) is 0 Å². The van der Waals surface area contributed by atoms with Crippen LogP contribution in [0.25, 0.3) is 5.69 Å². The monoisotopic (exact) mass is 487 g/mol. The molecular weight excluding hydrogens is 463 g/mol. The van der Waals surface area contributed by atoms with E-state index in [0.717, 1.165) is 41.9 Å². The predicted octanol–water partition coefficient (Wildman–Crippen LogP) is 5.02. The Hall–Kier alpha value is -3.82. The Bertz CT molecular complexity index is 1170. The SMILES string of the molecule is O=C(O)CCNC(=O)c1ccc(C(CC2CC2)Oc2ccc(-n3cc(C(F)(F)F)cn3)cc2)cc1. The third-order valence-corrected chi connectivity index (χ3v) is 5.70. The molecule has 1 unspecified atom stereocenters. The molecule has 1 saturated carbocycles. The molecule has 1 aromatic heterocycles. The molecule has 7 nitrogen and oxygen atoms in total. The standard InChI is InChI=1S/C25H24F3N3O4/c26-25(27,28)19-14-30-31(15-19)20-7-9-21(10-8-20)35-22(13-16-1-2-16)17-3-5-18(6-4-17)24(34)29-12-11-23(32)33/h3-10,14-16,22H,1-2,11-13H2,(H,29,34)(H,32,33). The van der Waals surface area contributed by atoms with E-state index in [1.807, 2.05) is 12.1 Å². The Kier molecular flexibility index (Phi) is 7.09. The molecule has 1 heterocycles. The Morgan fingerprint density at radius 1 is 1.11 bits per heavy atom. The summed E-state index contributed by atoms with van der Waals surface area (Å²) in [6.45, 7) is 0.0510. The van der Waals surface area contributed by atoms with Crippen LogP contribution in [0.3, 0.4) is 0 Å². The molecule has 184 valence electrons. The minimum absolute atomic E-state index is 0.0510. The number of halogens is 3. The zero-order chi connectivity index (χ0) is 25.0. The van der Waals surface area contributed by atoms with E-state index >= 15 is 0 Å². The second kappa shape index (κ2) is 10.2. The molecule has 10 heteroatoms. The molecule has 0 aliphatic heterocycles. The van der Waals surface area contributed by atoms with E-state index in [4.69, 9.17) is 9.84 Å². The number of alkyl halides is 3. The first-order valence-electron chi connectivity index (χ1n) is 11.2. The van der Waals surface area contributed by atoms with Crippen molar-refractivity contribution in [3.05, 3.63) is 77.6 Å². The fourth-order valence-electron chi connectivity index (χ4n) is 3.59. The summed E-state index contributed by atoms with van der Waals surface area (Å²) in [6.07, 6.45) is -0.0698. The third-order valence-electron chi connectivity index (χ3n) is 5.70. The van der Waals surface area contributed by atoms with Crippen molar-refractivity contribution in [1.82, 2.24) is 15.1 Å². The van der Waals surface area contributed by atoms with Crippen molar-refractivity contribution < 1.29 is 32.6 Å². The van der Waals surface area contributed by atoms with Crippen LogP contribution in [-0.2, 0) is 11.0 Å². The third kappa shape index (κ3) is 6.62. The number of hydrogen-bond acceptors (Lipinski definition) is 4. The van der Waals surface area contributed by atoms with Gasteiger partial charge in [-0.1, -0.05) is 25.0 Å². The van der Waals surface area contributed by atoms with Crippen molar-refractivity contribution in [2.75, 3.05) is 6.54 Å². The number of amides is 1. The van der Waals surface area contributed by atoms with Gasteiger partial charge in [0.1, 0.15) is 11.9 Å². The van der Waals surface area contributed by atoms with Crippen LogP contribution in [0.15, 0.2) is 60.9 Å². The number of rotatable bonds is 10. The quantitative estimate of drug-likeness (QED) is 0.419. The van der Waals surface area contributed by atoms with Crippen LogP contribution in [0.2, 0.25) is 0 Å². The Labute approximate surface area is 199 Å². The van der Waals surface area contributed by atoms with Gasteiger partial charge in [0.05, 0.1) is 23.9 Å². The number of benzene rings is 2. The Morgan fingerprint density at radius 2 is 1.80 bits per heavy atom. The van der Waals surface area contributed by atoms with E-state index in [9.17, 15) is 22.8 Å². The topological polar surface area (TPSA) is 93.5 Å². The fraction of sp³-hybridized carbons (Fsp3) is 0.320. The smallest absolute Gasteiger partial charge is 0.419 e. The van der Waals surface area contributed by atoms with Crippen LogP contribution in [0.4, 0.5) is 13.2 Å². The number of aromatic nitrogens is 2. The Balaban J connectivity index is 1.43. The molecule has 0 bridgehead atoms. The van der Waals surface area contributed by atoms with Crippen LogP contribution < -0.4 is 10.1 Å². The molecule has 0 radical (unpaired) electrons. The molecule has 1 atom stereocenters. The van der Waals surface area contributed by atoms with Crippen molar-refractivity contribution in [1.29, 1.82) is 0 Å². The highest BCUT2D eigenvalue weighted by molar-refractivity contribution is 5.94. The van der Waals surface area contributed by atoms with Crippen LogP contribution in [0.5, 0.6) is 5.75 Å². The van der Waals surface area contributed by atoms with Crippen molar-refractivity contribution in [3.63, 3.8) is 0 Å². The second-order valence-electron chi connectivity index (χ2n) is 8.47. The summed E-state index contributed by atoms with van der Waals surface area (Å²) in [7, 11) is 0. The van der Waals surface area contributed by atoms with E-state index in [0.29, 0.717) is 22.9 Å². The maximum Gasteiger partial charge on any atom is 0.419 e. The molecule has 2 aromatic carbocycles. The number of nitrogens with zero attached hydrogens (tertiary/aromatic N) is 2. The molecule has 2 N–H and O–H groups in total. The number of carboxylic acids is 1. The summed E-state index contributed by atoms with van der Waals surface area (Å²) in [5.74, 6) is -0.203. The number of carbonyl (C=O) groups is 2. The highest BCUT2D eigenvalue weighted by atomic mass is 19.4. The number of aliphatic carboxylic acids is 1.